The maximum absolute atomic E-state index is 12.2. The summed E-state index contributed by atoms with van der Waals surface area (Å²) in [5.41, 5.74) is 1.69. The quantitative estimate of drug-likeness (QED) is 0.910. The number of halogens is 4. The normalized spacial score (nSPS) is 11.4. The number of hydrogen-bond donors (Lipinski definition) is 1. The van der Waals surface area contributed by atoms with Gasteiger partial charge in [0.2, 0.25) is 0 Å². The molecule has 0 aliphatic heterocycles. The minimum absolute atomic E-state index is 0.245. The van der Waals surface area contributed by atoms with Gasteiger partial charge in [0.25, 0.3) is 0 Å². The molecule has 0 heterocycles. The van der Waals surface area contributed by atoms with Crippen LogP contribution < -0.4 is 4.74 Å². The van der Waals surface area contributed by atoms with Crippen molar-refractivity contribution in [3.8, 4) is 16.9 Å². The Morgan fingerprint density at radius 3 is 2.40 bits per heavy atom. The van der Waals surface area contributed by atoms with Crippen LogP contribution in [0.3, 0.4) is 0 Å². The van der Waals surface area contributed by atoms with Crippen molar-refractivity contribution in [1.82, 2.24) is 0 Å². The lowest BCUT2D eigenvalue weighted by Crippen LogP contribution is -2.17. The van der Waals surface area contributed by atoms with Crippen molar-refractivity contribution >= 4 is 11.6 Å². The van der Waals surface area contributed by atoms with Crippen LogP contribution >= 0.6 is 11.6 Å². The monoisotopic (exact) mass is 302 g/mol. The molecule has 0 unspecified atom stereocenters. The van der Waals surface area contributed by atoms with Gasteiger partial charge in [-0.3, -0.25) is 0 Å². The van der Waals surface area contributed by atoms with Gasteiger partial charge in [-0.25, -0.2) is 0 Å². The molecular weight excluding hydrogens is 293 g/mol. The Labute approximate surface area is 118 Å². The Morgan fingerprint density at radius 1 is 1.05 bits per heavy atom. The van der Waals surface area contributed by atoms with Crippen LogP contribution in [0.25, 0.3) is 11.1 Å². The molecule has 0 saturated carbocycles. The van der Waals surface area contributed by atoms with E-state index in [9.17, 15) is 13.2 Å². The van der Waals surface area contributed by atoms with Gasteiger partial charge < -0.3 is 9.84 Å². The molecule has 0 aromatic heterocycles. The highest BCUT2D eigenvalue weighted by Gasteiger charge is 2.31. The van der Waals surface area contributed by atoms with E-state index in [1.165, 1.54) is 18.2 Å². The molecule has 0 atom stereocenters. The maximum Gasteiger partial charge on any atom is 0.573 e. The molecule has 2 nitrogen and oxygen atoms in total. The molecule has 2 rings (SSSR count). The van der Waals surface area contributed by atoms with Crippen molar-refractivity contribution in [3.05, 3.63) is 53.1 Å². The van der Waals surface area contributed by atoms with Crippen molar-refractivity contribution < 1.29 is 23.0 Å². The van der Waals surface area contributed by atoms with Gasteiger partial charge in [0.1, 0.15) is 5.75 Å². The molecule has 2 aromatic carbocycles. The minimum Gasteiger partial charge on any atom is -0.406 e. The highest BCUT2D eigenvalue weighted by Crippen LogP contribution is 2.30. The van der Waals surface area contributed by atoms with Crippen LogP contribution in [-0.2, 0) is 6.61 Å². The van der Waals surface area contributed by atoms with Crippen molar-refractivity contribution in [2.45, 2.75) is 13.0 Å². The molecular formula is C14H10ClF3O2. The second kappa shape index (κ2) is 5.73. The molecule has 0 saturated heterocycles. The Bertz CT molecular complexity index is 612. The Kier molecular flexibility index (Phi) is 4.20. The molecule has 106 valence electrons. The smallest absolute Gasteiger partial charge is 0.406 e. The standard InChI is InChI=1S/C14H10ClF3O2/c15-13-5-4-10(6-11(13)8-19)9-2-1-3-12(7-9)20-14(16,17)18/h1-7,19H,8H2. The van der Waals surface area contributed by atoms with E-state index in [1.807, 2.05) is 0 Å². The van der Waals surface area contributed by atoms with Gasteiger partial charge in [-0.05, 0) is 41.0 Å². The number of aliphatic hydroxyl groups excluding tert-OH is 1. The van der Waals surface area contributed by atoms with E-state index in [0.717, 1.165) is 0 Å². The third-order valence-corrected chi connectivity index (χ3v) is 2.99. The number of benzene rings is 2. The second-order valence-corrected chi connectivity index (χ2v) is 4.45. The highest BCUT2D eigenvalue weighted by molar-refractivity contribution is 6.31. The summed E-state index contributed by atoms with van der Waals surface area (Å²) in [4.78, 5) is 0. The second-order valence-electron chi connectivity index (χ2n) is 4.04. The van der Waals surface area contributed by atoms with Gasteiger partial charge in [0.15, 0.2) is 0 Å². The molecule has 2 aromatic rings. The predicted molar refractivity (Wildman–Crippen MR) is 69.5 cm³/mol. The van der Waals surface area contributed by atoms with E-state index in [-0.39, 0.29) is 12.4 Å². The first-order valence-electron chi connectivity index (χ1n) is 5.64. The SMILES string of the molecule is OCc1cc(-c2cccc(OC(F)(F)F)c2)ccc1Cl. The average molecular weight is 303 g/mol. The average Bonchev–Trinajstić information content (AvgIpc) is 2.37. The molecule has 6 heteroatoms. The first-order chi connectivity index (χ1) is 9.39. The van der Waals surface area contributed by atoms with E-state index >= 15 is 0 Å². The number of rotatable bonds is 3. The van der Waals surface area contributed by atoms with Crippen LogP contribution in [0.15, 0.2) is 42.5 Å². The van der Waals surface area contributed by atoms with Crippen LogP contribution in [0, 0.1) is 0 Å². The van der Waals surface area contributed by atoms with Gasteiger partial charge in [-0.15, -0.1) is 13.2 Å². The third-order valence-electron chi connectivity index (χ3n) is 2.62. The molecule has 0 spiro atoms. The first-order valence-corrected chi connectivity index (χ1v) is 6.02. The molecule has 0 bridgehead atoms. The van der Waals surface area contributed by atoms with Crippen molar-refractivity contribution in [1.29, 1.82) is 0 Å². The summed E-state index contributed by atoms with van der Waals surface area (Å²) < 4.78 is 40.4. The molecule has 0 radical (unpaired) electrons. The van der Waals surface area contributed by atoms with Crippen LogP contribution in [0.1, 0.15) is 5.56 Å². The summed E-state index contributed by atoms with van der Waals surface area (Å²) in [6.07, 6.45) is -4.73. The molecule has 20 heavy (non-hydrogen) atoms. The number of ether oxygens (including phenoxy) is 1. The topological polar surface area (TPSA) is 29.5 Å². The Morgan fingerprint density at radius 2 is 1.75 bits per heavy atom. The van der Waals surface area contributed by atoms with Crippen LogP contribution in [0.4, 0.5) is 13.2 Å². The van der Waals surface area contributed by atoms with E-state index in [1.54, 1.807) is 24.3 Å². The largest absolute Gasteiger partial charge is 0.573 e. The zero-order valence-corrected chi connectivity index (χ0v) is 10.9. The molecule has 0 aliphatic rings. The van der Waals surface area contributed by atoms with Gasteiger partial charge in [-0.1, -0.05) is 29.8 Å². The van der Waals surface area contributed by atoms with Crippen LogP contribution in [0.2, 0.25) is 5.02 Å². The summed E-state index contributed by atoms with van der Waals surface area (Å²) in [6, 6.07) is 10.5. The fraction of sp³-hybridized carbons (Fsp3) is 0.143. The predicted octanol–water partition coefficient (Wildman–Crippen LogP) is 4.40. The molecule has 1 N–H and O–H groups in total. The van der Waals surface area contributed by atoms with Crippen LogP contribution in [-0.4, -0.2) is 11.5 Å². The van der Waals surface area contributed by atoms with E-state index in [0.29, 0.717) is 21.7 Å². The van der Waals surface area contributed by atoms with E-state index in [2.05, 4.69) is 4.74 Å². The first kappa shape index (κ1) is 14.7. The number of aliphatic hydroxyl groups is 1. The Hall–Kier alpha value is -1.72. The minimum atomic E-state index is -4.73. The van der Waals surface area contributed by atoms with Gasteiger partial charge >= 0.3 is 6.36 Å². The van der Waals surface area contributed by atoms with Gasteiger partial charge in [0, 0.05) is 5.02 Å². The van der Waals surface area contributed by atoms with Crippen molar-refractivity contribution in [2.24, 2.45) is 0 Å². The molecule has 0 fully saturated rings. The summed E-state index contributed by atoms with van der Waals surface area (Å²) in [5.74, 6) is -0.296. The van der Waals surface area contributed by atoms with Crippen molar-refractivity contribution in [2.75, 3.05) is 0 Å². The summed E-state index contributed by atoms with van der Waals surface area (Å²) in [5, 5.41) is 9.54. The molecule has 0 aliphatic carbocycles. The van der Waals surface area contributed by atoms with Crippen LogP contribution in [0.5, 0.6) is 5.75 Å². The van der Waals surface area contributed by atoms with Crippen molar-refractivity contribution in [3.63, 3.8) is 0 Å². The van der Waals surface area contributed by atoms with Gasteiger partial charge in [0.05, 0.1) is 6.61 Å². The van der Waals surface area contributed by atoms with E-state index in [4.69, 9.17) is 16.7 Å². The maximum atomic E-state index is 12.2. The lowest BCUT2D eigenvalue weighted by Gasteiger charge is -2.11. The highest BCUT2D eigenvalue weighted by atomic mass is 35.5. The number of alkyl halides is 3. The van der Waals surface area contributed by atoms with Gasteiger partial charge in [-0.2, -0.15) is 0 Å². The fourth-order valence-corrected chi connectivity index (χ4v) is 1.93. The third kappa shape index (κ3) is 3.65. The zero-order valence-electron chi connectivity index (χ0n) is 10.1. The fourth-order valence-electron chi connectivity index (χ4n) is 1.75. The van der Waals surface area contributed by atoms with E-state index < -0.39 is 6.36 Å². The summed E-state index contributed by atoms with van der Waals surface area (Å²) >= 11 is 5.87. The Balaban J connectivity index is 2.36. The summed E-state index contributed by atoms with van der Waals surface area (Å²) in [6.45, 7) is -0.245. The number of hydrogen-bond acceptors (Lipinski definition) is 2. The molecule has 0 amide bonds. The zero-order chi connectivity index (χ0) is 14.8. The lowest BCUT2D eigenvalue weighted by molar-refractivity contribution is -0.274. The lowest BCUT2D eigenvalue weighted by atomic mass is 10.0. The summed E-state index contributed by atoms with van der Waals surface area (Å²) in [7, 11) is 0.